The summed E-state index contributed by atoms with van der Waals surface area (Å²) in [6, 6.07) is 0. The molecule has 0 radical (unpaired) electrons. The van der Waals surface area contributed by atoms with Crippen LogP contribution in [0.2, 0.25) is 0 Å². The van der Waals surface area contributed by atoms with Crippen LogP contribution in [-0.4, -0.2) is 26.5 Å². The predicted octanol–water partition coefficient (Wildman–Crippen LogP) is 1.03. The van der Waals surface area contributed by atoms with Crippen molar-refractivity contribution in [3.8, 4) is 11.8 Å². The Morgan fingerprint density at radius 3 is 2.13 bits per heavy atom. The number of aliphatic hydroxyl groups excluding tert-OH is 1. The molecule has 2 aliphatic carbocycles. The first-order valence-electron chi connectivity index (χ1n) is 5.17. The fourth-order valence-electron chi connectivity index (χ4n) is 2.80. The zero-order valence-electron chi connectivity index (χ0n) is 8.22. The van der Waals surface area contributed by atoms with E-state index in [0.717, 1.165) is 17.5 Å². The van der Waals surface area contributed by atoms with Crippen LogP contribution in [0.4, 0.5) is 0 Å². The highest BCUT2D eigenvalue weighted by Gasteiger charge is 2.40. The van der Waals surface area contributed by atoms with Crippen molar-refractivity contribution >= 4 is 0 Å². The highest BCUT2D eigenvalue weighted by Crippen LogP contribution is 2.56. The van der Waals surface area contributed by atoms with E-state index in [1.165, 1.54) is 4.57 Å². The minimum atomic E-state index is -0.0859. The Hall–Kier alpha value is -1.42. The fourth-order valence-corrected chi connectivity index (χ4v) is 2.80. The molecule has 4 heteroatoms. The van der Waals surface area contributed by atoms with Crippen LogP contribution in [0.1, 0.15) is 29.4 Å². The number of nitrogens with zero attached hydrogens (tertiary/aromatic N) is 1. The lowest BCUT2D eigenvalue weighted by atomic mass is 10.0. The van der Waals surface area contributed by atoms with Crippen molar-refractivity contribution in [3.05, 3.63) is 23.3 Å². The van der Waals surface area contributed by atoms with Crippen LogP contribution in [0.3, 0.4) is 0 Å². The maximum absolute atomic E-state index is 9.94. The van der Waals surface area contributed by atoms with Gasteiger partial charge in [-0.05, 0) is 6.42 Å². The Balaban J connectivity index is 2.17. The summed E-state index contributed by atoms with van der Waals surface area (Å²) in [5, 5.41) is 28.7. The summed E-state index contributed by atoms with van der Waals surface area (Å²) in [6.45, 7) is 0.154. The van der Waals surface area contributed by atoms with Crippen LogP contribution >= 0.6 is 0 Å². The van der Waals surface area contributed by atoms with E-state index in [-0.39, 0.29) is 36.7 Å². The molecule has 1 heterocycles. The van der Waals surface area contributed by atoms with Gasteiger partial charge in [-0.1, -0.05) is 12.2 Å². The second kappa shape index (κ2) is 2.79. The van der Waals surface area contributed by atoms with Crippen LogP contribution in [0, 0.1) is 0 Å². The molecule has 3 N–H and O–H groups in total. The second-order valence-corrected chi connectivity index (χ2v) is 4.18. The lowest BCUT2D eigenvalue weighted by Crippen LogP contribution is -2.02. The Bertz CT molecular complexity index is 412. The molecule has 2 aliphatic rings. The molecule has 1 aromatic rings. The first kappa shape index (κ1) is 8.85. The van der Waals surface area contributed by atoms with E-state index in [9.17, 15) is 10.2 Å². The molecule has 0 amide bonds. The molecule has 1 aromatic heterocycles. The van der Waals surface area contributed by atoms with Gasteiger partial charge >= 0.3 is 0 Å². The van der Waals surface area contributed by atoms with Gasteiger partial charge in [0.2, 0.25) is 0 Å². The lowest BCUT2D eigenvalue weighted by Gasteiger charge is -2.07. The van der Waals surface area contributed by atoms with Crippen LogP contribution in [0.15, 0.2) is 12.2 Å². The lowest BCUT2D eigenvalue weighted by molar-refractivity contribution is 0.255. The van der Waals surface area contributed by atoms with Gasteiger partial charge in [-0.2, -0.15) is 0 Å². The molecule has 0 fully saturated rings. The first-order valence-corrected chi connectivity index (χ1v) is 5.17. The molecule has 2 bridgehead atoms. The van der Waals surface area contributed by atoms with Gasteiger partial charge in [-0.15, -0.1) is 0 Å². The summed E-state index contributed by atoms with van der Waals surface area (Å²) >= 11 is 0. The molecule has 0 saturated heterocycles. The number of hydrogen-bond acceptors (Lipinski definition) is 3. The molecule has 0 aliphatic heterocycles. The van der Waals surface area contributed by atoms with Crippen molar-refractivity contribution in [3.63, 3.8) is 0 Å². The SMILES string of the molecule is OCCn1c(O)c2c(c1O)C1C=CC2C1. The molecule has 0 spiro atoms. The third-order valence-corrected chi connectivity index (χ3v) is 3.43. The van der Waals surface area contributed by atoms with Gasteiger partial charge in [0.15, 0.2) is 11.8 Å². The quantitative estimate of drug-likeness (QED) is 0.635. The molecule has 0 aromatic carbocycles. The molecule has 2 atom stereocenters. The third-order valence-electron chi connectivity index (χ3n) is 3.43. The smallest absolute Gasteiger partial charge is 0.198 e. The van der Waals surface area contributed by atoms with Gasteiger partial charge in [0.25, 0.3) is 0 Å². The maximum atomic E-state index is 9.94. The van der Waals surface area contributed by atoms with Crippen LogP contribution < -0.4 is 0 Å². The van der Waals surface area contributed by atoms with Crippen LogP contribution in [-0.2, 0) is 6.54 Å². The van der Waals surface area contributed by atoms with E-state index < -0.39 is 0 Å². The van der Waals surface area contributed by atoms with E-state index in [0.29, 0.717) is 0 Å². The summed E-state index contributed by atoms with van der Waals surface area (Å²) in [7, 11) is 0. The van der Waals surface area contributed by atoms with E-state index >= 15 is 0 Å². The van der Waals surface area contributed by atoms with E-state index in [2.05, 4.69) is 12.2 Å². The molecule has 3 rings (SSSR count). The number of aromatic nitrogens is 1. The standard InChI is InChI=1S/C11H13NO3/c13-4-3-12-10(14)8-6-1-2-7(5-6)9(8)11(12)15/h1-2,6-7,13-15H,3-5H2. The number of hydrogen-bond donors (Lipinski definition) is 3. The largest absolute Gasteiger partial charge is 0.494 e. The molecular weight excluding hydrogens is 194 g/mol. The molecule has 4 nitrogen and oxygen atoms in total. The monoisotopic (exact) mass is 207 g/mol. The van der Waals surface area contributed by atoms with Crippen molar-refractivity contribution < 1.29 is 15.3 Å². The summed E-state index contributed by atoms with van der Waals surface area (Å²) in [6.07, 6.45) is 5.12. The van der Waals surface area contributed by atoms with Crippen molar-refractivity contribution in [2.24, 2.45) is 0 Å². The minimum Gasteiger partial charge on any atom is -0.494 e. The third kappa shape index (κ3) is 0.946. The Labute approximate surface area is 87.1 Å². The van der Waals surface area contributed by atoms with Gasteiger partial charge in [0.1, 0.15) is 0 Å². The molecule has 2 unspecified atom stereocenters. The predicted molar refractivity (Wildman–Crippen MR) is 54.1 cm³/mol. The zero-order valence-corrected chi connectivity index (χ0v) is 8.22. The zero-order chi connectivity index (χ0) is 10.6. The van der Waals surface area contributed by atoms with Gasteiger partial charge in [0, 0.05) is 23.0 Å². The van der Waals surface area contributed by atoms with Gasteiger partial charge in [0.05, 0.1) is 13.2 Å². The van der Waals surface area contributed by atoms with E-state index in [1.54, 1.807) is 0 Å². The first-order chi connectivity index (χ1) is 7.24. The summed E-state index contributed by atoms with van der Waals surface area (Å²) in [5.74, 6) is 0.730. The highest BCUT2D eigenvalue weighted by molar-refractivity contribution is 5.58. The van der Waals surface area contributed by atoms with Crippen molar-refractivity contribution in [1.82, 2.24) is 4.57 Å². The average Bonchev–Trinajstić information content (AvgIpc) is 2.87. The van der Waals surface area contributed by atoms with Gasteiger partial charge in [-0.25, -0.2) is 0 Å². The van der Waals surface area contributed by atoms with Crippen molar-refractivity contribution in [2.45, 2.75) is 24.8 Å². The van der Waals surface area contributed by atoms with Gasteiger partial charge in [-0.3, -0.25) is 4.57 Å². The highest BCUT2D eigenvalue weighted by atomic mass is 16.3. The number of allylic oxidation sites excluding steroid dienone is 2. The van der Waals surface area contributed by atoms with Gasteiger partial charge < -0.3 is 15.3 Å². The van der Waals surface area contributed by atoms with Crippen LogP contribution in [0.5, 0.6) is 11.8 Å². The molecule has 15 heavy (non-hydrogen) atoms. The molecule has 0 saturated carbocycles. The minimum absolute atomic E-state index is 0.0859. The summed E-state index contributed by atoms with van der Waals surface area (Å²) in [4.78, 5) is 0. The van der Waals surface area contributed by atoms with Crippen LogP contribution in [0.25, 0.3) is 0 Å². The summed E-state index contributed by atoms with van der Waals surface area (Å²) < 4.78 is 1.39. The molecule has 80 valence electrons. The Kier molecular flexibility index (Phi) is 1.65. The number of aromatic hydroxyl groups is 2. The van der Waals surface area contributed by atoms with Crippen molar-refractivity contribution in [1.29, 1.82) is 0 Å². The van der Waals surface area contributed by atoms with Crippen molar-refractivity contribution in [2.75, 3.05) is 6.61 Å². The second-order valence-electron chi connectivity index (χ2n) is 4.18. The topological polar surface area (TPSA) is 65.6 Å². The molecular formula is C11H13NO3. The summed E-state index contributed by atoms with van der Waals surface area (Å²) in [5.41, 5.74) is 1.71. The van der Waals surface area contributed by atoms with E-state index in [4.69, 9.17) is 5.11 Å². The average molecular weight is 207 g/mol. The number of aliphatic hydroxyl groups is 1. The fraction of sp³-hybridized carbons (Fsp3) is 0.455. The Morgan fingerprint density at radius 1 is 1.13 bits per heavy atom. The number of rotatable bonds is 2. The number of fused-ring (bicyclic) bond motifs is 5. The van der Waals surface area contributed by atoms with E-state index in [1.807, 2.05) is 0 Å². The normalized spacial score (nSPS) is 26.2. The maximum Gasteiger partial charge on any atom is 0.198 e. The Morgan fingerprint density at radius 2 is 1.67 bits per heavy atom.